The van der Waals surface area contributed by atoms with Gasteiger partial charge in [-0.2, -0.15) is 0 Å². The van der Waals surface area contributed by atoms with E-state index in [9.17, 15) is 9.90 Å². The first-order valence-corrected chi connectivity index (χ1v) is 7.50. The van der Waals surface area contributed by atoms with Crippen LogP contribution >= 0.6 is 0 Å². The largest absolute Gasteiger partial charge is 0.507 e. The Labute approximate surface area is 137 Å². The lowest BCUT2D eigenvalue weighted by Gasteiger charge is -2.19. The molecule has 1 rings (SSSR count). The van der Waals surface area contributed by atoms with E-state index in [1.54, 1.807) is 19.2 Å². The Kier molecular flexibility index (Phi) is 7.41. The molecule has 0 aliphatic rings. The van der Waals surface area contributed by atoms with Gasteiger partial charge in [0.25, 0.3) is 0 Å². The lowest BCUT2D eigenvalue weighted by molar-refractivity contribution is 0.0534. The maximum atomic E-state index is 11.4. The number of amides is 1. The molecule has 0 atom stereocenters. The molecule has 6 nitrogen and oxygen atoms in total. The summed E-state index contributed by atoms with van der Waals surface area (Å²) in [4.78, 5) is 11.4. The van der Waals surface area contributed by atoms with Gasteiger partial charge in [0.15, 0.2) is 0 Å². The minimum atomic E-state index is -0.490. The molecule has 23 heavy (non-hydrogen) atoms. The molecule has 0 aliphatic heterocycles. The quantitative estimate of drug-likeness (QED) is 0.531. The van der Waals surface area contributed by atoms with Crippen LogP contribution in [0.5, 0.6) is 11.5 Å². The normalized spacial score (nSPS) is 11.5. The zero-order chi connectivity index (χ0) is 17.3. The number of carbonyl (C=O) groups is 1. The van der Waals surface area contributed by atoms with E-state index in [0.717, 1.165) is 5.56 Å². The van der Waals surface area contributed by atoms with Gasteiger partial charge in [-0.15, -0.1) is 0 Å². The van der Waals surface area contributed by atoms with Gasteiger partial charge in [-0.05, 0) is 26.8 Å². The van der Waals surface area contributed by atoms with E-state index in [2.05, 4.69) is 10.6 Å². The van der Waals surface area contributed by atoms with Gasteiger partial charge >= 0.3 is 6.09 Å². The van der Waals surface area contributed by atoms with Gasteiger partial charge in [-0.25, -0.2) is 4.79 Å². The van der Waals surface area contributed by atoms with Gasteiger partial charge < -0.3 is 25.2 Å². The first-order valence-electron chi connectivity index (χ1n) is 7.50. The van der Waals surface area contributed by atoms with Crippen molar-refractivity contribution in [2.75, 3.05) is 20.2 Å². The molecule has 0 bridgehead atoms. The number of hydrogen-bond donors (Lipinski definition) is 3. The third-order valence-corrected chi connectivity index (χ3v) is 2.80. The van der Waals surface area contributed by atoms with Gasteiger partial charge in [0.05, 0.1) is 7.11 Å². The highest BCUT2D eigenvalue weighted by Gasteiger charge is 2.14. The van der Waals surface area contributed by atoms with E-state index >= 15 is 0 Å². The SMILES string of the molecule is COc1ccc(CNC/C=C/CNC(=O)OC(C)(C)C)c(O)c1. The standard InChI is InChI=1S/C17H26N2O4/c1-17(2,3)23-16(21)19-10-6-5-9-18-12-13-7-8-14(22-4)11-15(13)20/h5-8,11,18,20H,9-10,12H2,1-4H3,(H,19,21)/b6-5+. The van der Waals surface area contributed by atoms with Gasteiger partial charge in [0.1, 0.15) is 17.1 Å². The Morgan fingerprint density at radius 2 is 1.96 bits per heavy atom. The van der Waals surface area contributed by atoms with Crippen LogP contribution in [0, 0.1) is 0 Å². The zero-order valence-corrected chi connectivity index (χ0v) is 14.2. The molecule has 0 saturated carbocycles. The van der Waals surface area contributed by atoms with Crippen LogP contribution < -0.4 is 15.4 Å². The van der Waals surface area contributed by atoms with Crippen LogP contribution in [0.25, 0.3) is 0 Å². The second-order valence-electron chi connectivity index (χ2n) is 5.98. The number of carbonyl (C=O) groups excluding carboxylic acids is 1. The van der Waals surface area contributed by atoms with Crippen molar-refractivity contribution in [2.45, 2.75) is 32.9 Å². The van der Waals surface area contributed by atoms with Crippen molar-refractivity contribution in [3.63, 3.8) is 0 Å². The molecule has 1 amide bonds. The van der Waals surface area contributed by atoms with E-state index in [1.807, 2.05) is 39.0 Å². The summed E-state index contributed by atoms with van der Waals surface area (Å²) in [6.07, 6.45) is 3.31. The molecule has 3 N–H and O–H groups in total. The highest BCUT2D eigenvalue weighted by atomic mass is 16.6. The molecule has 0 unspecified atom stereocenters. The number of ether oxygens (including phenoxy) is 2. The molecule has 0 saturated heterocycles. The summed E-state index contributed by atoms with van der Waals surface area (Å²) in [6, 6.07) is 5.20. The first-order chi connectivity index (χ1) is 10.8. The van der Waals surface area contributed by atoms with E-state index in [1.165, 1.54) is 0 Å². The Morgan fingerprint density at radius 1 is 1.26 bits per heavy atom. The maximum absolute atomic E-state index is 11.4. The van der Waals surface area contributed by atoms with Gasteiger partial charge in [-0.1, -0.05) is 18.2 Å². The third kappa shape index (κ3) is 8.11. The Bertz CT molecular complexity index is 536. The highest BCUT2D eigenvalue weighted by Crippen LogP contribution is 2.22. The summed E-state index contributed by atoms with van der Waals surface area (Å²) in [5.41, 5.74) is 0.307. The number of phenolic OH excluding ortho intramolecular Hbond substituents is 1. The van der Waals surface area contributed by atoms with Crippen molar-refractivity contribution in [1.82, 2.24) is 10.6 Å². The minimum absolute atomic E-state index is 0.201. The second kappa shape index (κ2) is 9.05. The molecule has 0 spiro atoms. The predicted molar refractivity (Wildman–Crippen MR) is 89.7 cm³/mol. The number of phenols is 1. The molecular formula is C17H26N2O4. The average Bonchev–Trinajstić information content (AvgIpc) is 2.45. The highest BCUT2D eigenvalue weighted by molar-refractivity contribution is 5.67. The Morgan fingerprint density at radius 3 is 2.57 bits per heavy atom. The summed E-state index contributed by atoms with van der Waals surface area (Å²) in [7, 11) is 1.56. The lowest BCUT2D eigenvalue weighted by Crippen LogP contribution is -2.32. The summed E-state index contributed by atoms with van der Waals surface area (Å²) >= 11 is 0. The summed E-state index contributed by atoms with van der Waals surface area (Å²) in [5, 5.41) is 15.6. The van der Waals surface area contributed by atoms with Gasteiger partial charge in [0.2, 0.25) is 0 Å². The van der Waals surface area contributed by atoms with Crippen LogP contribution in [0.2, 0.25) is 0 Å². The molecule has 0 fully saturated rings. The second-order valence-corrected chi connectivity index (χ2v) is 5.98. The van der Waals surface area contributed by atoms with E-state index in [4.69, 9.17) is 9.47 Å². The molecule has 0 radical (unpaired) electrons. The number of hydrogen-bond acceptors (Lipinski definition) is 5. The first kappa shape index (κ1) is 18.8. The number of alkyl carbamates (subject to hydrolysis) is 1. The average molecular weight is 322 g/mol. The third-order valence-electron chi connectivity index (χ3n) is 2.80. The molecule has 0 aliphatic carbocycles. The fraction of sp³-hybridized carbons (Fsp3) is 0.471. The number of rotatable bonds is 7. The monoisotopic (exact) mass is 322 g/mol. The van der Waals surface area contributed by atoms with Crippen LogP contribution in [-0.4, -0.2) is 37.0 Å². The molecule has 0 aromatic heterocycles. The molecule has 1 aromatic rings. The van der Waals surface area contributed by atoms with E-state index in [0.29, 0.717) is 25.4 Å². The van der Waals surface area contributed by atoms with Crippen molar-refractivity contribution in [2.24, 2.45) is 0 Å². The van der Waals surface area contributed by atoms with Crippen LogP contribution in [0.3, 0.4) is 0 Å². The smallest absolute Gasteiger partial charge is 0.407 e. The van der Waals surface area contributed by atoms with Gasteiger partial charge in [-0.3, -0.25) is 0 Å². The van der Waals surface area contributed by atoms with Crippen molar-refractivity contribution in [1.29, 1.82) is 0 Å². The number of methoxy groups -OCH3 is 1. The molecule has 1 aromatic carbocycles. The fourth-order valence-electron chi connectivity index (χ4n) is 1.73. The Balaban J connectivity index is 2.21. The number of aromatic hydroxyl groups is 1. The predicted octanol–water partition coefficient (Wildman–Crippen LogP) is 2.57. The Hall–Kier alpha value is -2.21. The lowest BCUT2D eigenvalue weighted by atomic mass is 10.2. The fourth-order valence-corrected chi connectivity index (χ4v) is 1.73. The van der Waals surface area contributed by atoms with Crippen molar-refractivity contribution in [3.05, 3.63) is 35.9 Å². The van der Waals surface area contributed by atoms with E-state index < -0.39 is 11.7 Å². The molecule has 128 valence electrons. The zero-order valence-electron chi connectivity index (χ0n) is 14.2. The van der Waals surface area contributed by atoms with Crippen LogP contribution in [0.1, 0.15) is 26.3 Å². The molecule has 0 heterocycles. The molecular weight excluding hydrogens is 296 g/mol. The van der Waals surface area contributed by atoms with Crippen molar-refractivity contribution in [3.8, 4) is 11.5 Å². The van der Waals surface area contributed by atoms with Crippen molar-refractivity contribution < 1.29 is 19.4 Å². The summed E-state index contributed by atoms with van der Waals surface area (Å²) in [6.45, 7) is 7.04. The van der Waals surface area contributed by atoms with Crippen LogP contribution in [0.15, 0.2) is 30.4 Å². The topological polar surface area (TPSA) is 79.8 Å². The minimum Gasteiger partial charge on any atom is -0.507 e. The van der Waals surface area contributed by atoms with Crippen LogP contribution in [0.4, 0.5) is 4.79 Å². The number of nitrogens with one attached hydrogen (secondary N) is 2. The van der Waals surface area contributed by atoms with Crippen LogP contribution in [-0.2, 0) is 11.3 Å². The number of benzene rings is 1. The maximum Gasteiger partial charge on any atom is 0.407 e. The van der Waals surface area contributed by atoms with Crippen molar-refractivity contribution >= 4 is 6.09 Å². The van der Waals surface area contributed by atoms with Gasteiger partial charge in [0, 0.05) is 31.3 Å². The summed E-state index contributed by atoms with van der Waals surface area (Å²) < 4.78 is 10.2. The summed E-state index contributed by atoms with van der Waals surface area (Å²) in [5.74, 6) is 0.826. The van der Waals surface area contributed by atoms with E-state index in [-0.39, 0.29) is 5.75 Å². The molecule has 6 heteroatoms.